The second-order valence-corrected chi connectivity index (χ2v) is 3.41. The van der Waals surface area contributed by atoms with Crippen LogP contribution in [-0.4, -0.2) is 20.2 Å². The first-order valence-electron chi connectivity index (χ1n) is 5.32. The molecule has 88 valence electrons. The minimum absolute atomic E-state index is 0.736. The Morgan fingerprint density at radius 1 is 1.40 bits per heavy atom. The molecule has 2 heteroatoms. The van der Waals surface area contributed by atoms with Crippen molar-refractivity contribution in [1.29, 1.82) is 0 Å². The highest BCUT2D eigenvalue weighted by Crippen LogP contribution is 1.93. The zero-order chi connectivity index (χ0) is 12.1. The molecule has 0 saturated heterocycles. The van der Waals surface area contributed by atoms with Gasteiger partial charge in [-0.25, -0.2) is 0 Å². The Balaban J connectivity index is 0. The van der Waals surface area contributed by atoms with Crippen LogP contribution in [0.5, 0.6) is 0 Å². The number of ether oxygens (including phenoxy) is 1. The molecule has 0 heterocycles. The minimum atomic E-state index is 0.736. The van der Waals surface area contributed by atoms with E-state index in [1.807, 2.05) is 0 Å². The molecule has 0 amide bonds. The summed E-state index contributed by atoms with van der Waals surface area (Å²) in [4.78, 5) is 0. The average molecular weight is 211 g/mol. The Bertz CT molecular complexity index is 183. The summed E-state index contributed by atoms with van der Waals surface area (Å²) in [5.41, 5.74) is 0. The number of hydrogen-bond acceptors (Lipinski definition) is 2. The maximum Gasteiger partial charge on any atom is 0.118 e. The molecule has 0 rings (SSSR count). The summed E-state index contributed by atoms with van der Waals surface area (Å²) in [5, 5.41) is 3.25. The summed E-state index contributed by atoms with van der Waals surface area (Å²) in [6.07, 6.45) is 5.02. The molecule has 0 atom stereocenters. The van der Waals surface area contributed by atoms with Gasteiger partial charge in [-0.2, -0.15) is 0 Å². The first-order chi connectivity index (χ1) is 7.12. The molecule has 0 aromatic carbocycles. The SMILES string of the molecule is C=C/C=C(\C=C)OC.CCNCC(C)C. The van der Waals surface area contributed by atoms with Crippen molar-refractivity contribution >= 4 is 0 Å². The maximum absolute atomic E-state index is 4.81. The monoisotopic (exact) mass is 211 g/mol. The van der Waals surface area contributed by atoms with Gasteiger partial charge >= 0.3 is 0 Å². The van der Waals surface area contributed by atoms with Crippen LogP contribution in [0.25, 0.3) is 0 Å². The van der Waals surface area contributed by atoms with E-state index in [9.17, 15) is 0 Å². The van der Waals surface area contributed by atoms with Crippen LogP contribution >= 0.6 is 0 Å². The van der Waals surface area contributed by atoms with Gasteiger partial charge in [-0.1, -0.05) is 40.0 Å². The first kappa shape index (κ1) is 16.4. The van der Waals surface area contributed by atoms with Crippen molar-refractivity contribution in [3.8, 4) is 0 Å². The predicted octanol–water partition coefficient (Wildman–Crippen LogP) is 3.14. The van der Waals surface area contributed by atoms with E-state index in [0.29, 0.717) is 0 Å². The fraction of sp³-hybridized carbons (Fsp3) is 0.538. The molecule has 0 aliphatic rings. The van der Waals surface area contributed by atoms with Crippen LogP contribution in [-0.2, 0) is 4.74 Å². The summed E-state index contributed by atoms with van der Waals surface area (Å²) < 4.78 is 4.81. The zero-order valence-corrected chi connectivity index (χ0v) is 10.5. The molecule has 1 N–H and O–H groups in total. The largest absolute Gasteiger partial charge is 0.497 e. The van der Waals surface area contributed by atoms with Crippen molar-refractivity contribution in [2.75, 3.05) is 20.2 Å². The van der Waals surface area contributed by atoms with Gasteiger partial charge in [-0.3, -0.25) is 0 Å². The van der Waals surface area contributed by atoms with E-state index in [1.165, 1.54) is 0 Å². The normalized spacial score (nSPS) is 10.3. The Kier molecular flexibility index (Phi) is 14.2. The third-order valence-electron chi connectivity index (χ3n) is 1.52. The van der Waals surface area contributed by atoms with E-state index in [-0.39, 0.29) is 0 Å². The van der Waals surface area contributed by atoms with Gasteiger partial charge in [0.15, 0.2) is 0 Å². The quantitative estimate of drug-likeness (QED) is 0.538. The van der Waals surface area contributed by atoms with Crippen molar-refractivity contribution in [3.63, 3.8) is 0 Å². The average Bonchev–Trinajstić information content (AvgIpc) is 2.23. The lowest BCUT2D eigenvalue weighted by Gasteiger charge is -2.01. The Labute approximate surface area is 94.7 Å². The van der Waals surface area contributed by atoms with Crippen LogP contribution in [0.3, 0.4) is 0 Å². The van der Waals surface area contributed by atoms with Gasteiger partial charge in [-0.15, -0.1) is 0 Å². The van der Waals surface area contributed by atoms with E-state index >= 15 is 0 Å². The van der Waals surface area contributed by atoms with Crippen LogP contribution in [0.4, 0.5) is 0 Å². The topological polar surface area (TPSA) is 21.3 Å². The minimum Gasteiger partial charge on any atom is -0.497 e. The van der Waals surface area contributed by atoms with Crippen molar-refractivity contribution < 1.29 is 4.74 Å². The third kappa shape index (κ3) is 15.7. The highest BCUT2D eigenvalue weighted by molar-refractivity contribution is 5.14. The van der Waals surface area contributed by atoms with E-state index in [0.717, 1.165) is 24.8 Å². The van der Waals surface area contributed by atoms with Crippen molar-refractivity contribution in [2.45, 2.75) is 20.8 Å². The van der Waals surface area contributed by atoms with Gasteiger partial charge in [0.05, 0.1) is 7.11 Å². The lowest BCUT2D eigenvalue weighted by atomic mass is 10.2. The predicted molar refractivity (Wildman–Crippen MR) is 68.9 cm³/mol. The Hall–Kier alpha value is -1.02. The van der Waals surface area contributed by atoms with Gasteiger partial charge in [-0.05, 0) is 31.2 Å². The number of rotatable bonds is 6. The summed E-state index contributed by atoms with van der Waals surface area (Å²) >= 11 is 0. The van der Waals surface area contributed by atoms with E-state index in [2.05, 4.69) is 39.2 Å². The molecule has 15 heavy (non-hydrogen) atoms. The molecular formula is C13H25NO. The van der Waals surface area contributed by atoms with Gasteiger partial charge in [0.2, 0.25) is 0 Å². The highest BCUT2D eigenvalue weighted by atomic mass is 16.5. The number of allylic oxidation sites excluding steroid dienone is 3. The van der Waals surface area contributed by atoms with Crippen LogP contribution < -0.4 is 5.32 Å². The number of methoxy groups -OCH3 is 1. The molecule has 0 saturated carbocycles. The summed E-state index contributed by atoms with van der Waals surface area (Å²) in [7, 11) is 1.59. The molecule has 0 fully saturated rings. The molecule has 2 nitrogen and oxygen atoms in total. The van der Waals surface area contributed by atoms with Gasteiger partial charge in [0, 0.05) is 0 Å². The number of nitrogens with one attached hydrogen (secondary N) is 1. The molecule has 0 bridgehead atoms. The van der Waals surface area contributed by atoms with Crippen molar-refractivity contribution in [2.24, 2.45) is 5.92 Å². The molecular weight excluding hydrogens is 186 g/mol. The van der Waals surface area contributed by atoms with Gasteiger partial charge < -0.3 is 10.1 Å². The van der Waals surface area contributed by atoms with Gasteiger partial charge in [0.1, 0.15) is 5.76 Å². The van der Waals surface area contributed by atoms with Crippen LogP contribution in [0.1, 0.15) is 20.8 Å². The van der Waals surface area contributed by atoms with Crippen molar-refractivity contribution in [1.82, 2.24) is 5.32 Å². The standard InChI is InChI=1S/C7H10O.C6H15N/c1-4-6-7(5-2)8-3;1-4-7-5-6(2)3/h4-6H,1-2H2,3H3;6-7H,4-5H2,1-3H3/b7-6+;. The third-order valence-corrected chi connectivity index (χ3v) is 1.52. The van der Waals surface area contributed by atoms with E-state index in [1.54, 1.807) is 25.3 Å². The van der Waals surface area contributed by atoms with Gasteiger partial charge in [0.25, 0.3) is 0 Å². The zero-order valence-electron chi connectivity index (χ0n) is 10.5. The number of hydrogen-bond donors (Lipinski definition) is 1. The lowest BCUT2D eigenvalue weighted by molar-refractivity contribution is 0.307. The van der Waals surface area contributed by atoms with E-state index < -0.39 is 0 Å². The summed E-state index contributed by atoms with van der Waals surface area (Å²) in [5.74, 6) is 1.53. The summed E-state index contributed by atoms with van der Waals surface area (Å²) in [6.45, 7) is 15.8. The smallest absolute Gasteiger partial charge is 0.118 e. The van der Waals surface area contributed by atoms with Crippen LogP contribution in [0.15, 0.2) is 37.1 Å². The van der Waals surface area contributed by atoms with Crippen LogP contribution in [0, 0.1) is 5.92 Å². The first-order valence-corrected chi connectivity index (χ1v) is 5.32. The fourth-order valence-corrected chi connectivity index (χ4v) is 0.769. The molecule has 0 aliphatic carbocycles. The molecule has 0 aromatic rings. The molecule has 0 aliphatic heterocycles. The summed E-state index contributed by atoms with van der Waals surface area (Å²) in [6, 6.07) is 0. The highest BCUT2D eigenvalue weighted by Gasteiger charge is 1.87. The van der Waals surface area contributed by atoms with Crippen molar-refractivity contribution in [3.05, 3.63) is 37.1 Å². The Morgan fingerprint density at radius 3 is 2.13 bits per heavy atom. The fourth-order valence-electron chi connectivity index (χ4n) is 0.769. The molecule has 0 unspecified atom stereocenters. The van der Waals surface area contributed by atoms with Crippen LogP contribution in [0.2, 0.25) is 0 Å². The van der Waals surface area contributed by atoms with E-state index in [4.69, 9.17) is 4.74 Å². The second-order valence-electron chi connectivity index (χ2n) is 3.41. The molecule has 0 spiro atoms. The lowest BCUT2D eigenvalue weighted by Crippen LogP contribution is -2.18. The molecule has 0 radical (unpaired) electrons. The second kappa shape index (κ2) is 13.0. The maximum atomic E-state index is 4.81. The molecule has 0 aromatic heterocycles. The Morgan fingerprint density at radius 2 is 2.00 bits per heavy atom.